The predicted molar refractivity (Wildman–Crippen MR) is 46.8 cm³/mol. The minimum atomic E-state index is -0.118. The molecule has 11 heavy (non-hydrogen) atoms. The summed E-state index contributed by atoms with van der Waals surface area (Å²) in [7, 11) is 0. The van der Waals surface area contributed by atoms with Gasteiger partial charge in [0.05, 0.1) is 4.47 Å². The van der Waals surface area contributed by atoms with Crippen molar-refractivity contribution in [3.05, 3.63) is 39.6 Å². The lowest BCUT2D eigenvalue weighted by Gasteiger charge is -2.01. The molecule has 2 heteroatoms. The first-order valence-corrected chi connectivity index (χ1v) is 4.22. The van der Waals surface area contributed by atoms with Crippen LogP contribution in [0.3, 0.4) is 0 Å². The molecule has 0 unspecified atom stereocenters. The van der Waals surface area contributed by atoms with E-state index >= 15 is 0 Å². The number of fused-ring (bicyclic) bond motifs is 1. The number of allylic oxidation sites excluding steroid dienone is 1. The van der Waals surface area contributed by atoms with E-state index in [1.54, 1.807) is 6.07 Å². The Morgan fingerprint density at radius 2 is 2.18 bits per heavy atom. The SMILES string of the molecule is Fc1c(Br)ccc2c1CC=C2. The zero-order valence-corrected chi connectivity index (χ0v) is 7.36. The third-order valence-corrected chi connectivity index (χ3v) is 2.46. The molecule has 1 aliphatic rings. The molecular formula is C9H6BrF. The van der Waals surface area contributed by atoms with Crippen LogP contribution < -0.4 is 0 Å². The summed E-state index contributed by atoms with van der Waals surface area (Å²) >= 11 is 3.15. The maximum Gasteiger partial charge on any atom is 0.141 e. The van der Waals surface area contributed by atoms with E-state index in [0.29, 0.717) is 4.47 Å². The second-order valence-corrected chi connectivity index (χ2v) is 3.39. The molecule has 0 bridgehead atoms. The topological polar surface area (TPSA) is 0 Å². The fourth-order valence-corrected chi connectivity index (χ4v) is 1.65. The summed E-state index contributed by atoms with van der Waals surface area (Å²) < 4.78 is 13.8. The molecule has 0 spiro atoms. The second-order valence-electron chi connectivity index (χ2n) is 2.54. The Labute approximate surface area is 72.9 Å². The van der Waals surface area contributed by atoms with Gasteiger partial charge in [-0.15, -0.1) is 0 Å². The van der Waals surface area contributed by atoms with Crippen LogP contribution in [-0.4, -0.2) is 0 Å². The van der Waals surface area contributed by atoms with E-state index in [1.807, 2.05) is 18.2 Å². The van der Waals surface area contributed by atoms with E-state index < -0.39 is 0 Å². The van der Waals surface area contributed by atoms with Crippen molar-refractivity contribution in [1.82, 2.24) is 0 Å². The Kier molecular flexibility index (Phi) is 1.57. The van der Waals surface area contributed by atoms with Gasteiger partial charge in [0.1, 0.15) is 5.82 Å². The molecule has 56 valence electrons. The summed E-state index contributed by atoms with van der Waals surface area (Å²) in [6.07, 6.45) is 4.64. The van der Waals surface area contributed by atoms with Gasteiger partial charge in [0.2, 0.25) is 0 Å². The largest absolute Gasteiger partial charge is 0.205 e. The number of hydrogen-bond donors (Lipinski definition) is 0. The van der Waals surface area contributed by atoms with Crippen molar-refractivity contribution >= 4 is 22.0 Å². The molecule has 0 saturated carbocycles. The van der Waals surface area contributed by atoms with E-state index in [-0.39, 0.29) is 5.82 Å². The normalized spacial score (nSPS) is 13.6. The number of benzene rings is 1. The molecule has 0 amide bonds. The van der Waals surface area contributed by atoms with Crippen LogP contribution in [0.1, 0.15) is 11.1 Å². The maximum atomic E-state index is 13.2. The Bertz CT molecular complexity index is 329. The molecule has 0 fully saturated rings. The van der Waals surface area contributed by atoms with Gasteiger partial charge in [-0.1, -0.05) is 18.2 Å². The van der Waals surface area contributed by atoms with E-state index in [2.05, 4.69) is 15.9 Å². The van der Waals surface area contributed by atoms with Gasteiger partial charge >= 0.3 is 0 Å². The van der Waals surface area contributed by atoms with Crippen LogP contribution in [0.5, 0.6) is 0 Å². The Morgan fingerprint density at radius 3 is 3.00 bits per heavy atom. The van der Waals surface area contributed by atoms with E-state index in [4.69, 9.17) is 0 Å². The van der Waals surface area contributed by atoms with Crippen LogP contribution in [0.2, 0.25) is 0 Å². The standard InChI is InChI=1S/C9H6BrF/c10-8-5-4-6-2-1-3-7(6)9(8)11/h1-2,4-5H,3H2. The monoisotopic (exact) mass is 212 g/mol. The van der Waals surface area contributed by atoms with Gasteiger partial charge in [0.15, 0.2) is 0 Å². The molecule has 1 aliphatic carbocycles. The molecule has 0 N–H and O–H groups in total. The summed E-state index contributed by atoms with van der Waals surface area (Å²) in [6.45, 7) is 0. The molecule has 1 aromatic rings. The average Bonchev–Trinajstić information content (AvgIpc) is 2.45. The third-order valence-electron chi connectivity index (χ3n) is 1.85. The molecule has 0 nitrogen and oxygen atoms in total. The summed E-state index contributed by atoms with van der Waals surface area (Å²) in [4.78, 5) is 0. The Balaban J connectivity index is 2.67. The quantitative estimate of drug-likeness (QED) is 0.620. The fourth-order valence-electron chi connectivity index (χ4n) is 1.27. The van der Waals surface area contributed by atoms with Crippen LogP contribution in [0.4, 0.5) is 4.39 Å². The highest BCUT2D eigenvalue weighted by atomic mass is 79.9. The summed E-state index contributed by atoms with van der Waals surface area (Å²) in [6, 6.07) is 3.66. The van der Waals surface area contributed by atoms with Crippen molar-refractivity contribution in [2.24, 2.45) is 0 Å². The van der Waals surface area contributed by atoms with Crippen LogP contribution in [0.25, 0.3) is 6.08 Å². The molecule has 1 aromatic carbocycles. The first kappa shape index (κ1) is 7.04. The van der Waals surface area contributed by atoms with Crippen molar-refractivity contribution in [3.63, 3.8) is 0 Å². The molecule has 0 radical (unpaired) electrons. The molecule has 0 aliphatic heterocycles. The van der Waals surface area contributed by atoms with Crippen molar-refractivity contribution in [3.8, 4) is 0 Å². The number of halogens is 2. The highest BCUT2D eigenvalue weighted by Crippen LogP contribution is 2.27. The summed E-state index contributed by atoms with van der Waals surface area (Å²) in [5, 5.41) is 0. The summed E-state index contributed by atoms with van der Waals surface area (Å²) in [5.74, 6) is -0.118. The van der Waals surface area contributed by atoms with Gasteiger partial charge in [0.25, 0.3) is 0 Å². The minimum absolute atomic E-state index is 0.118. The molecule has 0 atom stereocenters. The van der Waals surface area contributed by atoms with Gasteiger partial charge in [-0.05, 0) is 39.5 Å². The maximum absolute atomic E-state index is 13.2. The van der Waals surface area contributed by atoms with Crippen molar-refractivity contribution in [2.45, 2.75) is 6.42 Å². The van der Waals surface area contributed by atoms with Gasteiger partial charge in [0, 0.05) is 0 Å². The van der Waals surface area contributed by atoms with Crippen molar-refractivity contribution in [2.75, 3.05) is 0 Å². The zero-order chi connectivity index (χ0) is 7.84. The average molecular weight is 213 g/mol. The Hall–Kier alpha value is -0.630. The highest BCUT2D eigenvalue weighted by molar-refractivity contribution is 9.10. The lowest BCUT2D eigenvalue weighted by atomic mass is 10.1. The van der Waals surface area contributed by atoms with Crippen molar-refractivity contribution in [1.29, 1.82) is 0 Å². The van der Waals surface area contributed by atoms with E-state index in [9.17, 15) is 4.39 Å². The van der Waals surface area contributed by atoms with Crippen LogP contribution in [0, 0.1) is 5.82 Å². The summed E-state index contributed by atoms with van der Waals surface area (Å²) in [5.41, 5.74) is 1.81. The molecule has 2 rings (SSSR count). The molecule has 0 saturated heterocycles. The predicted octanol–water partition coefficient (Wildman–Crippen LogP) is 3.16. The van der Waals surface area contributed by atoms with E-state index in [0.717, 1.165) is 17.5 Å². The van der Waals surface area contributed by atoms with Crippen LogP contribution in [-0.2, 0) is 6.42 Å². The van der Waals surface area contributed by atoms with Gasteiger partial charge < -0.3 is 0 Å². The van der Waals surface area contributed by atoms with Crippen LogP contribution in [0.15, 0.2) is 22.7 Å². The first-order chi connectivity index (χ1) is 5.29. The first-order valence-electron chi connectivity index (χ1n) is 3.42. The fraction of sp³-hybridized carbons (Fsp3) is 0.111. The Morgan fingerprint density at radius 1 is 1.36 bits per heavy atom. The minimum Gasteiger partial charge on any atom is -0.205 e. The molecular weight excluding hydrogens is 207 g/mol. The third kappa shape index (κ3) is 1.02. The molecule has 0 aromatic heterocycles. The van der Waals surface area contributed by atoms with Crippen molar-refractivity contribution < 1.29 is 4.39 Å². The van der Waals surface area contributed by atoms with Gasteiger partial charge in [-0.25, -0.2) is 4.39 Å². The van der Waals surface area contributed by atoms with Gasteiger partial charge in [-0.2, -0.15) is 0 Å². The lowest BCUT2D eigenvalue weighted by molar-refractivity contribution is 0.609. The van der Waals surface area contributed by atoms with Gasteiger partial charge in [-0.3, -0.25) is 0 Å². The molecule has 0 heterocycles. The zero-order valence-electron chi connectivity index (χ0n) is 5.77. The van der Waals surface area contributed by atoms with Crippen LogP contribution >= 0.6 is 15.9 Å². The van der Waals surface area contributed by atoms with E-state index in [1.165, 1.54) is 0 Å². The second kappa shape index (κ2) is 2.45. The lowest BCUT2D eigenvalue weighted by Crippen LogP contribution is -1.89. The highest BCUT2D eigenvalue weighted by Gasteiger charge is 2.12. The number of hydrogen-bond acceptors (Lipinski definition) is 0. The smallest absolute Gasteiger partial charge is 0.141 e. The number of rotatable bonds is 0.